The lowest BCUT2D eigenvalue weighted by atomic mass is 10.1. The predicted molar refractivity (Wildman–Crippen MR) is 48.4 cm³/mol. The number of thioether (sulfide) groups is 1. The van der Waals surface area contributed by atoms with Gasteiger partial charge in [0.1, 0.15) is 0 Å². The molecular weight excluding hydrogens is 142 g/mol. The second-order valence-electron chi connectivity index (χ2n) is 3.00. The molecule has 2 heteroatoms. The minimum Gasteiger partial charge on any atom is -0.327 e. The highest BCUT2D eigenvalue weighted by Gasteiger charge is 2.21. The molecule has 0 radical (unpaired) electrons. The molecule has 0 aromatic rings. The molecule has 0 saturated carbocycles. The molecule has 0 bridgehead atoms. The van der Waals surface area contributed by atoms with Crippen LogP contribution in [-0.4, -0.2) is 17.0 Å². The molecule has 1 rings (SSSR count). The summed E-state index contributed by atoms with van der Waals surface area (Å²) in [6.45, 7) is 2.21. The molecule has 2 atom stereocenters. The summed E-state index contributed by atoms with van der Waals surface area (Å²) < 4.78 is 0. The summed E-state index contributed by atoms with van der Waals surface area (Å²) in [6.07, 6.45) is 5.18. The molecule has 0 aromatic heterocycles. The lowest BCUT2D eigenvalue weighted by Crippen LogP contribution is -2.30. The van der Waals surface area contributed by atoms with E-state index in [9.17, 15) is 0 Å². The first-order valence-corrected chi connectivity index (χ1v) is 5.26. The van der Waals surface area contributed by atoms with Gasteiger partial charge in [-0.25, -0.2) is 0 Å². The van der Waals surface area contributed by atoms with Crippen LogP contribution in [0.25, 0.3) is 0 Å². The first kappa shape index (κ1) is 8.41. The molecular formula is C8H17NS. The molecule has 0 aliphatic carbocycles. The van der Waals surface area contributed by atoms with Crippen LogP contribution in [-0.2, 0) is 0 Å². The number of hydrogen-bond acceptors (Lipinski definition) is 2. The van der Waals surface area contributed by atoms with Crippen molar-refractivity contribution >= 4 is 11.8 Å². The SMILES string of the molecule is CCCC(N)C1CCCS1. The van der Waals surface area contributed by atoms with Crippen LogP contribution >= 0.6 is 11.8 Å². The van der Waals surface area contributed by atoms with Crippen molar-refractivity contribution < 1.29 is 0 Å². The topological polar surface area (TPSA) is 26.0 Å². The van der Waals surface area contributed by atoms with E-state index in [0.717, 1.165) is 5.25 Å². The normalized spacial score (nSPS) is 28.8. The Labute approximate surface area is 67.8 Å². The summed E-state index contributed by atoms with van der Waals surface area (Å²) in [5.74, 6) is 1.34. The van der Waals surface area contributed by atoms with Crippen LogP contribution in [0, 0.1) is 0 Å². The molecule has 0 amide bonds. The van der Waals surface area contributed by atoms with Gasteiger partial charge in [-0.3, -0.25) is 0 Å². The van der Waals surface area contributed by atoms with Gasteiger partial charge in [0, 0.05) is 11.3 Å². The van der Waals surface area contributed by atoms with E-state index in [4.69, 9.17) is 5.73 Å². The molecule has 2 N–H and O–H groups in total. The minimum absolute atomic E-state index is 0.470. The average molecular weight is 159 g/mol. The zero-order valence-corrected chi connectivity index (χ0v) is 7.49. The van der Waals surface area contributed by atoms with Crippen molar-refractivity contribution in [1.82, 2.24) is 0 Å². The maximum absolute atomic E-state index is 5.97. The summed E-state index contributed by atoms with van der Waals surface area (Å²) in [6, 6.07) is 0.470. The van der Waals surface area contributed by atoms with Gasteiger partial charge in [0.05, 0.1) is 0 Å². The Kier molecular flexibility index (Phi) is 3.57. The third kappa shape index (κ3) is 2.17. The van der Waals surface area contributed by atoms with E-state index in [2.05, 4.69) is 18.7 Å². The maximum Gasteiger partial charge on any atom is 0.0199 e. The average Bonchev–Trinajstić information content (AvgIpc) is 2.38. The minimum atomic E-state index is 0.470. The van der Waals surface area contributed by atoms with Gasteiger partial charge in [-0.15, -0.1) is 0 Å². The Bertz CT molecular complexity index is 89.3. The van der Waals surface area contributed by atoms with Crippen LogP contribution in [0.1, 0.15) is 32.6 Å². The van der Waals surface area contributed by atoms with E-state index in [1.807, 2.05) is 0 Å². The summed E-state index contributed by atoms with van der Waals surface area (Å²) in [4.78, 5) is 0. The van der Waals surface area contributed by atoms with Crippen molar-refractivity contribution in [2.45, 2.75) is 43.9 Å². The van der Waals surface area contributed by atoms with Crippen LogP contribution in [0.2, 0.25) is 0 Å². The Balaban J connectivity index is 2.18. The smallest absolute Gasteiger partial charge is 0.0199 e. The molecule has 2 unspecified atom stereocenters. The van der Waals surface area contributed by atoms with Gasteiger partial charge >= 0.3 is 0 Å². The van der Waals surface area contributed by atoms with Crippen molar-refractivity contribution in [3.63, 3.8) is 0 Å². The first-order chi connectivity index (χ1) is 4.84. The van der Waals surface area contributed by atoms with Crippen LogP contribution in [0.3, 0.4) is 0 Å². The molecule has 1 heterocycles. The van der Waals surface area contributed by atoms with Crippen LogP contribution in [0.5, 0.6) is 0 Å². The van der Waals surface area contributed by atoms with E-state index in [1.54, 1.807) is 0 Å². The van der Waals surface area contributed by atoms with E-state index in [-0.39, 0.29) is 0 Å². The summed E-state index contributed by atoms with van der Waals surface area (Å²) in [5, 5.41) is 0.778. The summed E-state index contributed by atoms with van der Waals surface area (Å²) >= 11 is 2.07. The summed E-state index contributed by atoms with van der Waals surface area (Å²) in [7, 11) is 0. The Morgan fingerprint density at radius 3 is 3.00 bits per heavy atom. The highest BCUT2D eigenvalue weighted by molar-refractivity contribution is 8.00. The standard InChI is InChI=1S/C8H17NS/c1-2-4-7(9)8-5-3-6-10-8/h7-8H,2-6,9H2,1H3. The predicted octanol–water partition coefficient (Wildman–Crippen LogP) is 2.01. The van der Waals surface area contributed by atoms with Crippen molar-refractivity contribution in [1.29, 1.82) is 0 Å². The molecule has 1 aliphatic heterocycles. The largest absolute Gasteiger partial charge is 0.327 e. The fraction of sp³-hybridized carbons (Fsp3) is 1.00. The highest BCUT2D eigenvalue weighted by Crippen LogP contribution is 2.29. The molecule has 10 heavy (non-hydrogen) atoms. The van der Waals surface area contributed by atoms with E-state index < -0.39 is 0 Å². The number of nitrogens with two attached hydrogens (primary N) is 1. The number of rotatable bonds is 3. The molecule has 0 spiro atoms. The van der Waals surface area contributed by atoms with E-state index in [1.165, 1.54) is 31.4 Å². The second kappa shape index (κ2) is 4.24. The van der Waals surface area contributed by atoms with E-state index in [0.29, 0.717) is 6.04 Å². The summed E-state index contributed by atoms with van der Waals surface area (Å²) in [5.41, 5.74) is 5.97. The Morgan fingerprint density at radius 2 is 2.50 bits per heavy atom. The van der Waals surface area contributed by atoms with Gasteiger partial charge in [-0.05, 0) is 25.0 Å². The van der Waals surface area contributed by atoms with Gasteiger partial charge in [0.2, 0.25) is 0 Å². The molecule has 1 nitrogen and oxygen atoms in total. The third-order valence-electron chi connectivity index (χ3n) is 2.06. The number of hydrogen-bond donors (Lipinski definition) is 1. The zero-order chi connectivity index (χ0) is 7.40. The highest BCUT2D eigenvalue weighted by atomic mass is 32.2. The first-order valence-electron chi connectivity index (χ1n) is 4.21. The fourth-order valence-electron chi connectivity index (χ4n) is 1.46. The van der Waals surface area contributed by atoms with Crippen molar-refractivity contribution in [3.05, 3.63) is 0 Å². The molecule has 1 saturated heterocycles. The molecule has 1 aliphatic rings. The van der Waals surface area contributed by atoms with Crippen molar-refractivity contribution in [3.8, 4) is 0 Å². The van der Waals surface area contributed by atoms with Gasteiger partial charge in [0.25, 0.3) is 0 Å². The van der Waals surface area contributed by atoms with Crippen LogP contribution < -0.4 is 5.73 Å². The quantitative estimate of drug-likeness (QED) is 0.681. The van der Waals surface area contributed by atoms with Gasteiger partial charge in [0.15, 0.2) is 0 Å². The lowest BCUT2D eigenvalue weighted by molar-refractivity contribution is 0.563. The zero-order valence-electron chi connectivity index (χ0n) is 6.68. The molecule has 1 fully saturated rings. The third-order valence-corrected chi connectivity index (χ3v) is 3.60. The lowest BCUT2D eigenvalue weighted by Gasteiger charge is -2.16. The van der Waals surface area contributed by atoms with Gasteiger partial charge in [-0.1, -0.05) is 13.3 Å². The molecule has 60 valence electrons. The molecule has 0 aromatic carbocycles. The van der Waals surface area contributed by atoms with Gasteiger partial charge < -0.3 is 5.73 Å². The van der Waals surface area contributed by atoms with Crippen molar-refractivity contribution in [2.24, 2.45) is 5.73 Å². The van der Waals surface area contributed by atoms with Crippen LogP contribution in [0.15, 0.2) is 0 Å². The van der Waals surface area contributed by atoms with Crippen LogP contribution in [0.4, 0.5) is 0 Å². The van der Waals surface area contributed by atoms with E-state index >= 15 is 0 Å². The fourth-order valence-corrected chi connectivity index (χ4v) is 2.81. The van der Waals surface area contributed by atoms with Gasteiger partial charge in [-0.2, -0.15) is 11.8 Å². The Hall–Kier alpha value is 0.310. The maximum atomic E-state index is 5.97. The van der Waals surface area contributed by atoms with Crippen molar-refractivity contribution in [2.75, 3.05) is 5.75 Å². The monoisotopic (exact) mass is 159 g/mol. The second-order valence-corrected chi connectivity index (χ2v) is 4.35. The Morgan fingerprint density at radius 1 is 1.70 bits per heavy atom.